The van der Waals surface area contributed by atoms with Gasteiger partial charge in [0.1, 0.15) is 0 Å². The van der Waals surface area contributed by atoms with Gasteiger partial charge in [0.25, 0.3) is 0 Å². The van der Waals surface area contributed by atoms with Crippen LogP contribution in [0.1, 0.15) is 38.5 Å². The molecule has 0 bridgehead atoms. The lowest BCUT2D eigenvalue weighted by Crippen LogP contribution is -2.49. The van der Waals surface area contributed by atoms with E-state index in [9.17, 15) is 5.11 Å². The van der Waals surface area contributed by atoms with Gasteiger partial charge in [0, 0.05) is 25.6 Å². The molecule has 4 heteroatoms. The Morgan fingerprint density at radius 2 is 2.06 bits per heavy atom. The summed E-state index contributed by atoms with van der Waals surface area (Å²) in [5.74, 6) is 2.75. The van der Waals surface area contributed by atoms with Crippen molar-refractivity contribution in [3.05, 3.63) is 0 Å². The molecule has 0 aromatic carbocycles. The first-order valence-electron chi connectivity index (χ1n) is 7.24. The summed E-state index contributed by atoms with van der Waals surface area (Å²) in [5.41, 5.74) is -0.420. The van der Waals surface area contributed by atoms with Crippen molar-refractivity contribution in [2.24, 2.45) is 5.92 Å². The van der Waals surface area contributed by atoms with E-state index in [0.717, 1.165) is 57.7 Å². The second-order valence-electron chi connectivity index (χ2n) is 6.09. The molecule has 3 saturated heterocycles. The smallest absolute Gasteiger partial charge is 0.0784 e. The summed E-state index contributed by atoms with van der Waals surface area (Å²) >= 11 is 2.00. The fourth-order valence-electron chi connectivity index (χ4n) is 3.71. The van der Waals surface area contributed by atoms with E-state index >= 15 is 0 Å². The van der Waals surface area contributed by atoms with Crippen molar-refractivity contribution in [2.45, 2.75) is 49.7 Å². The predicted molar refractivity (Wildman–Crippen MR) is 73.0 cm³/mol. The molecule has 3 fully saturated rings. The molecule has 104 valence electrons. The maximum Gasteiger partial charge on any atom is 0.0784 e. The highest BCUT2D eigenvalue weighted by molar-refractivity contribution is 7.99. The third-order valence-electron chi connectivity index (χ3n) is 4.90. The molecule has 3 nitrogen and oxygen atoms in total. The molecule has 3 atom stereocenters. The molecule has 1 spiro atoms. The second kappa shape index (κ2) is 5.31. The summed E-state index contributed by atoms with van der Waals surface area (Å²) in [6.07, 6.45) is 5.94. The van der Waals surface area contributed by atoms with Gasteiger partial charge in [-0.25, -0.2) is 0 Å². The third-order valence-corrected chi connectivity index (χ3v) is 6.12. The Hall–Kier alpha value is 0.230. The minimum atomic E-state index is -0.499. The van der Waals surface area contributed by atoms with E-state index in [-0.39, 0.29) is 5.60 Å². The summed E-state index contributed by atoms with van der Waals surface area (Å²) in [7, 11) is 0. The van der Waals surface area contributed by atoms with Crippen LogP contribution in [0.2, 0.25) is 0 Å². The van der Waals surface area contributed by atoms with Crippen LogP contribution >= 0.6 is 11.8 Å². The van der Waals surface area contributed by atoms with Gasteiger partial charge in [-0.1, -0.05) is 0 Å². The van der Waals surface area contributed by atoms with Gasteiger partial charge >= 0.3 is 0 Å². The minimum Gasteiger partial charge on any atom is -0.390 e. The van der Waals surface area contributed by atoms with Gasteiger partial charge in [0.15, 0.2) is 0 Å². The van der Waals surface area contributed by atoms with Gasteiger partial charge in [0.05, 0.1) is 11.2 Å². The predicted octanol–water partition coefficient (Wildman–Crippen LogP) is 2.22. The lowest BCUT2D eigenvalue weighted by Gasteiger charge is -2.44. The second-order valence-corrected chi connectivity index (χ2v) is 7.20. The van der Waals surface area contributed by atoms with Crippen molar-refractivity contribution in [3.63, 3.8) is 0 Å². The van der Waals surface area contributed by atoms with Crippen molar-refractivity contribution in [2.75, 3.05) is 31.3 Å². The van der Waals surface area contributed by atoms with Crippen LogP contribution in [-0.4, -0.2) is 47.6 Å². The van der Waals surface area contributed by atoms with Crippen LogP contribution in [0.25, 0.3) is 0 Å². The highest BCUT2D eigenvalue weighted by atomic mass is 32.2. The van der Waals surface area contributed by atoms with E-state index in [2.05, 4.69) is 0 Å². The molecule has 0 radical (unpaired) electrons. The molecular weight excluding hydrogens is 248 g/mol. The molecule has 1 N–H and O–H groups in total. The Labute approximate surface area is 114 Å². The summed E-state index contributed by atoms with van der Waals surface area (Å²) in [5, 5.41) is 11.0. The van der Waals surface area contributed by atoms with E-state index in [0.29, 0.717) is 5.92 Å². The Kier molecular flexibility index (Phi) is 3.90. The van der Waals surface area contributed by atoms with Gasteiger partial charge in [-0.15, -0.1) is 0 Å². The molecule has 18 heavy (non-hydrogen) atoms. The van der Waals surface area contributed by atoms with Crippen LogP contribution in [-0.2, 0) is 9.47 Å². The maximum atomic E-state index is 11.0. The number of aliphatic hydroxyl groups is 1. The van der Waals surface area contributed by atoms with Crippen molar-refractivity contribution >= 4 is 11.8 Å². The summed E-state index contributed by atoms with van der Waals surface area (Å²) in [4.78, 5) is 0. The SMILES string of the molecule is OC1(C2CCOC3(CCSC3)C2)CCCOCC1. The molecule has 0 aliphatic carbocycles. The Morgan fingerprint density at radius 3 is 2.89 bits per heavy atom. The van der Waals surface area contributed by atoms with Crippen molar-refractivity contribution in [3.8, 4) is 0 Å². The van der Waals surface area contributed by atoms with E-state index in [1.165, 1.54) is 12.2 Å². The molecule has 3 rings (SSSR count). The zero-order valence-corrected chi connectivity index (χ0v) is 11.8. The van der Waals surface area contributed by atoms with Crippen LogP contribution in [0.5, 0.6) is 0 Å². The van der Waals surface area contributed by atoms with E-state index in [1.54, 1.807) is 0 Å². The minimum absolute atomic E-state index is 0.0798. The molecule has 3 aliphatic rings. The maximum absolute atomic E-state index is 11.0. The average molecular weight is 272 g/mol. The monoisotopic (exact) mass is 272 g/mol. The summed E-state index contributed by atoms with van der Waals surface area (Å²) in [6, 6.07) is 0. The van der Waals surface area contributed by atoms with Crippen LogP contribution in [0.4, 0.5) is 0 Å². The van der Waals surface area contributed by atoms with E-state index in [4.69, 9.17) is 9.47 Å². The van der Waals surface area contributed by atoms with Crippen molar-refractivity contribution in [1.29, 1.82) is 0 Å². The average Bonchev–Trinajstić information content (AvgIpc) is 2.69. The third kappa shape index (κ3) is 2.58. The normalized spacial score (nSPS) is 46.2. The molecule has 0 saturated carbocycles. The number of hydrogen-bond donors (Lipinski definition) is 1. The first-order chi connectivity index (χ1) is 8.73. The van der Waals surface area contributed by atoms with Crippen LogP contribution in [0.3, 0.4) is 0 Å². The first kappa shape index (κ1) is 13.2. The first-order valence-corrected chi connectivity index (χ1v) is 8.40. The lowest BCUT2D eigenvalue weighted by molar-refractivity contribution is -0.136. The summed E-state index contributed by atoms with van der Waals surface area (Å²) < 4.78 is 11.6. The number of thioether (sulfide) groups is 1. The van der Waals surface area contributed by atoms with E-state index < -0.39 is 5.60 Å². The van der Waals surface area contributed by atoms with Crippen LogP contribution in [0.15, 0.2) is 0 Å². The Morgan fingerprint density at radius 1 is 1.11 bits per heavy atom. The largest absolute Gasteiger partial charge is 0.390 e. The van der Waals surface area contributed by atoms with Gasteiger partial charge in [-0.3, -0.25) is 0 Å². The number of hydrogen-bond acceptors (Lipinski definition) is 4. The molecule has 3 heterocycles. The topological polar surface area (TPSA) is 38.7 Å². The molecule has 0 aromatic heterocycles. The Balaban J connectivity index is 1.70. The molecule has 0 aromatic rings. The van der Waals surface area contributed by atoms with Gasteiger partial charge in [-0.05, 0) is 50.2 Å². The van der Waals surface area contributed by atoms with Crippen LogP contribution in [0, 0.1) is 5.92 Å². The Bertz CT molecular complexity index is 281. The lowest BCUT2D eigenvalue weighted by atomic mass is 9.72. The van der Waals surface area contributed by atoms with Crippen molar-refractivity contribution in [1.82, 2.24) is 0 Å². The fourth-order valence-corrected chi connectivity index (χ4v) is 5.09. The van der Waals surface area contributed by atoms with Gasteiger partial charge in [0.2, 0.25) is 0 Å². The standard InChI is InChI=1S/C14H24O3S/c15-14(3-1-6-16-8-4-14)12-2-7-17-13(10-12)5-9-18-11-13/h12,15H,1-11H2. The summed E-state index contributed by atoms with van der Waals surface area (Å²) in [6.45, 7) is 2.36. The molecule has 3 unspecified atom stereocenters. The van der Waals surface area contributed by atoms with Gasteiger partial charge in [-0.2, -0.15) is 11.8 Å². The zero-order valence-electron chi connectivity index (χ0n) is 11.0. The molecule has 0 amide bonds. The zero-order chi connectivity index (χ0) is 12.5. The van der Waals surface area contributed by atoms with Crippen LogP contribution < -0.4 is 0 Å². The highest BCUT2D eigenvalue weighted by Gasteiger charge is 2.47. The quantitative estimate of drug-likeness (QED) is 0.794. The molecular formula is C14H24O3S. The number of rotatable bonds is 1. The number of ether oxygens (including phenoxy) is 2. The van der Waals surface area contributed by atoms with Gasteiger partial charge < -0.3 is 14.6 Å². The molecule has 3 aliphatic heterocycles. The van der Waals surface area contributed by atoms with E-state index in [1.807, 2.05) is 11.8 Å². The fraction of sp³-hybridized carbons (Fsp3) is 1.00. The van der Waals surface area contributed by atoms with Crippen molar-refractivity contribution < 1.29 is 14.6 Å². The highest BCUT2D eigenvalue weighted by Crippen LogP contribution is 2.45.